The average molecular weight is 267 g/mol. The largest absolute Gasteiger partial charge is 0.326 e. The van der Waals surface area contributed by atoms with Crippen LogP contribution in [0.5, 0.6) is 0 Å². The Labute approximate surface area is 109 Å². The summed E-state index contributed by atoms with van der Waals surface area (Å²) in [7, 11) is -2.98. The molecule has 3 nitrogen and oxygen atoms in total. The van der Waals surface area contributed by atoms with Crippen LogP contribution in [-0.4, -0.2) is 20.4 Å². The summed E-state index contributed by atoms with van der Waals surface area (Å²) in [6.07, 6.45) is 5.45. The van der Waals surface area contributed by atoms with Gasteiger partial charge in [0.05, 0.1) is 5.75 Å². The second-order valence-electron chi connectivity index (χ2n) is 5.42. The Hall–Kier alpha value is -0.870. The van der Waals surface area contributed by atoms with E-state index < -0.39 is 9.84 Å². The molecule has 0 radical (unpaired) electrons. The Balaban J connectivity index is 2.47. The zero-order valence-electron chi connectivity index (χ0n) is 10.9. The van der Waals surface area contributed by atoms with E-state index in [1.807, 2.05) is 18.2 Å². The van der Waals surface area contributed by atoms with Crippen molar-refractivity contribution >= 4 is 9.84 Å². The van der Waals surface area contributed by atoms with Gasteiger partial charge >= 0.3 is 0 Å². The van der Waals surface area contributed by atoms with Crippen molar-refractivity contribution in [2.75, 3.05) is 12.0 Å². The first kappa shape index (κ1) is 13.6. The standard InChI is InChI=1S/C14H21NO2S/c1-18(16,17)11-14(8-4-5-9-14)13-7-3-2-6-12(13)10-15/h2-3,6-7H,4-5,8-11,15H2,1H3. The van der Waals surface area contributed by atoms with E-state index in [1.54, 1.807) is 0 Å². The molecule has 18 heavy (non-hydrogen) atoms. The minimum Gasteiger partial charge on any atom is -0.326 e. The third-order valence-electron chi connectivity index (χ3n) is 3.91. The van der Waals surface area contributed by atoms with Gasteiger partial charge in [-0.05, 0) is 24.0 Å². The third-order valence-corrected chi connectivity index (χ3v) is 4.98. The summed E-state index contributed by atoms with van der Waals surface area (Å²) < 4.78 is 23.5. The van der Waals surface area contributed by atoms with Crippen molar-refractivity contribution in [2.24, 2.45) is 5.73 Å². The number of nitrogens with two attached hydrogens (primary N) is 1. The molecule has 4 heteroatoms. The van der Waals surface area contributed by atoms with Gasteiger partial charge in [-0.2, -0.15) is 0 Å². The molecule has 100 valence electrons. The monoisotopic (exact) mass is 267 g/mol. The molecule has 1 aliphatic rings. The summed E-state index contributed by atoms with van der Waals surface area (Å²) in [5.74, 6) is 0.247. The van der Waals surface area contributed by atoms with Crippen LogP contribution in [0.3, 0.4) is 0 Å². The Morgan fingerprint density at radius 2 is 1.83 bits per heavy atom. The van der Waals surface area contributed by atoms with Crippen molar-refractivity contribution in [2.45, 2.75) is 37.6 Å². The molecule has 1 aliphatic carbocycles. The molecule has 0 amide bonds. The van der Waals surface area contributed by atoms with Crippen molar-refractivity contribution < 1.29 is 8.42 Å². The lowest BCUT2D eigenvalue weighted by Crippen LogP contribution is -2.32. The molecule has 0 spiro atoms. The van der Waals surface area contributed by atoms with Crippen molar-refractivity contribution in [3.05, 3.63) is 35.4 Å². The summed E-state index contributed by atoms with van der Waals surface area (Å²) in [6, 6.07) is 8.02. The van der Waals surface area contributed by atoms with Crippen LogP contribution < -0.4 is 5.73 Å². The number of sulfone groups is 1. The number of hydrogen-bond acceptors (Lipinski definition) is 3. The minimum atomic E-state index is -2.98. The molecule has 0 atom stereocenters. The maximum Gasteiger partial charge on any atom is 0.148 e. The molecule has 1 aromatic rings. The molecule has 0 aliphatic heterocycles. The highest BCUT2D eigenvalue weighted by molar-refractivity contribution is 7.90. The molecule has 2 N–H and O–H groups in total. The predicted octanol–water partition coefficient (Wildman–Crippen LogP) is 2.00. The summed E-state index contributed by atoms with van der Waals surface area (Å²) in [4.78, 5) is 0. The van der Waals surface area contributed by atoms with E-state index in [0.717, 1.165) is 36.8 Å². The van der Waals surface area contributed by atoms with Crippen LogP contribution in [0.4, 0.5) is 0 Å². The fraction of sp³-hybridized carbons (Fsp3) is 0.571. The Kier molecular flexibility index (Phi) is 3.78. The van der Waals surface area contributed by atoms with Gasteiger partial charge in [0.15, 0.2) is 0 Å². The molecule has 0 aromatic heterocycles. The Bertz CT molecular complexity index is 516. The van der Waals surface area contributed by atoms with E-state index in [4.69, 9.17) is 5.73 Å². The first-order valence-electron chi connectivity index (χ1n) is 6.43. The van der Waals surface area contributed by atoms with Gasteiger partial charge in [-0.3, -0.25) is 0 Å². The van der Waals surface area contributed by atoms with Crippen LogP contribution in [0.15, 0.2) is 24.3 Å². The normalized spacial score (nSPS) is 19.0. The first-order valence-corrected chi connectivity index (χ1v) is 8.49. The minimum absolute atomic E-state index is 0.205. The van der Waals surface area contributed by atoms with E-state index in [-0.39, 0.29) is 11.2 Å². The number of benzene rings is 1. The SMILES string of the molecule is CS(=O)(=O)CC1(c2ccccc2CN)CCCC1. The van der Waals surface area contributed by atoms with E-state index in [2.05, 4.69) is 6.07 Å². The second kappa shape index (κ2) is 5.02. The molecule has 1 aromatic carbocycles. The van der Waals surface area contributed by atoms with Gasteiger partial charge in [-0.1, -0.05) is 37.1 Å². The quantitative estimate of drug-likeness (QED) is 0.907. The van der Waals surface area contributed by atoms with Crippen LogP contribution >= 0.6 is 0 Å². The average Bonchev–Trinajstić information content (AvgIpc) is 2.76. The third kappa shape index (κ3) is 2.75. The summed E-state index contributed by atoms with van der Waals surface area (Å²) in [5, 5.41) is 0. The van der Waals surface area contributed by atoms with Crippen molar-refractivity contribution in [1.29, 1.82) is 0 Å². The zero-order valence-corrected chi connectivity index (χ0v) is 11.7. The molecule has 1 fully saturated rings. The first-order chi connectivity index (χ1) is 8.47. The van der Waals surface area contributed by atoms with Crippen LogP contribution in [0.25, 0.3) is 0 Å². The van der Waals surface area contributed by atoms with Crippen LogP contribution in [0, 0.1) is 0 Å². The molecular weight excluding hydrogens is 246 g/mol. The van der Waals surface area contributed by atoms with E-state index in [0.29, 0.717) is 6.54 Å². The fourth-order valence-corrected chi connectivity index (χ4v) is 4.71. The van der Waals surface area contributed by atoms with Gasteiger partial charge in [-0.25, -0.2) is 8.42 Å². The van der Waals surface area contributed by atoms with Gasteiger partial charge in [-0.15, -0.1) is 0 Å². The van der Waals surface area contributed by atoms with Gasteiger partial charge in [0, 0.05) is 18.2 Å². The second-order valence-corrected chi connectivity index (χ2v) is 7.56. The van der Waals surface area contributed by atoms with Crippen molar-refractivity contribution in [1.82, 2.24) is 0 Å². The van der Waals surface area contributed by atoms with Gasteiger partial charge in [0.2, 0.25) is 0 Å². The molecule has 0 unspecified atom stereocenters. The smallest absolute Gasteiger partial charge is 0.148 e. The molecular formula is C14H21NO2S. The van der Waals surface area contributed by atoms with Gasteiger partial charge in [0.25, 0.3) is 0 Å². The lowest BCUT2D eigenvalue weighted by atomic mass is 9.78. The molecule has 2 rings (SSSR count). The predicted molar refractivity (Wildman–Crippen MR) is 74.2 cm³/mol. The number of rotatable bonds is 4. The molecule has 0 bridgehead atoms. The zero-order chi connectivity index (χ0) is 13.2. The Morgan fingerprint density at radius 1 is 1.22 bits per heavy atom. The number of hydrogen-bond donors (Lipinski definition) is 1. The summed E-state index contributed by atoms with van der Waals surface area (Å²) in [6.45, 7) is 0.474. The Morgan fingerprint density at radius 3 is 2.39 bits per heavy atom. The van der Waals surface area contributed by atoms with Gasteiger partial charge in [0.1, 0.15) is 9.84 Å². The van der Waals surface area contributed by atoms with Crippen LogP contribution in [-0.2, 0) is 21.8 Å². The molecule has 0 saturated heterocycles. The van der Waals surface area contributed by atoms with Gasteiger partial charge < -0.3 is 5.73 Å². The highest BCUT2D eigenvalue weighted by Crippen LogP contribution is 2.43. The maximum atomic E-state index is 11.7. The van der Waals surface area contributed by atoms with Crippen LogP contribution in [0.1, 0.15) is 36.8 Å². The van der Waals surface area contributed by atoms with E-state index in [1.165, 1.54) is 6.26 Å². The highest BCUT2D eigenvalue weighted by Gasteiger charge is 2.39. The maximum absolute atomic E-state index is 11.7. The lowest BCUT2D eigenvalue weighted by molar-refractivity contribution is 0.479. The summed E-state index contributed by atoms with van der Waals surface area (Å²) >= 11 is 0. The fourth-order valence-electron chi connectivity index (χ4n) is 3.26. The highest BCUT2D eigenvalue weighted by atomic mass is 32.2. The van der Waals surface area contributed by atoms with E-state index in [9.17, 15) is 8.42 Å². The molecule has 1 saturated carbocycles. The van der Waals surface area contributed by atoms with Crippen molar-refractivity contribution in [3.8, 4) is 0 Å². The van der Waals surface area contributed by atoms with Crippen LogP contribution in [0.2, 0.25) is 0 Å². The van der Waals surface area contributed by atoms with Crippen molar-refractivity contribution in [3.63, 3.8) is 0 Å². The van der Waals surface area contributed by atoms with E-state index >= 15 is 0 Å². The molecule has 0 heterocycles. The summed E-state index contributed by atoms with van der Waals surface area (Å²) in [5.41, 5.74) is 7.82. The lowest BCUT2D eigenvalue weighted by Gasteiger charge is -2.30. The topological polar surface area (TPSA) is 60.2 Å².